The number of aromatic nitrogens is 2. The summed E-state index contributed by atoms with van der Waals surface area (Å²) in [7, 11) is 1.77. The van der Waals surface area contributed by atoms with Crippen molar-refractivity contribution in [1.29, 1.82) is 0 Å². The van der Waals surface area contributed by atoms with Crippen molar-refractivity contribution in [2.75, 3.05) is 7.05 Å². The normalized spacial score (nSPS) is 11.7. The molecule has 0 bridgehead atoms. The first kappa shape index (κ1) is 15.9. The van der Waals surface area contributed by atoms with Crippen LogP contribution in [0.3, 0.4) is 0 Å². The Hall–Kier alpha value is -1.47. The Labute approximate surface area is 133 Å². The molecule has 0 atom stereocenters. The van der Waals surface area contributed by atoms with E-state index in [1.54, 1.807) is 29.7 Å². The van der Waals surface area contributed by atoms with E-state index in [4.69, 9.17) is 0 Å². The van der Waals surface area contributed by atoms with Gasteiger partial charge in [-0.2, -0.15) is 0 Å². The summed E-state index contributed by atoms with van der Waals surface area (Å²) in [6, 6.07) is 0. The Morgan fingerprint density at radius 2 is 1.95 bits per heavy atom. The van der Waals surface area contributed by atoms with Crippen molar-refractivity contribution in [3.05, 3.63) is 31.7 Å². The second-order valence-electron chi connectivity index (χ2n) is 4.61. The quantitative estimate of drug-likeness (QED) is 0.656. The lowest BCUT2D eigenvalue weighted by Gasteiger charge is -2.09. The smallest absolute Gasteiger partial charge is 0.191 e. The fraction of sp³-hybridized carbons (Fsp3) is 0.500. The van der Waals surface area contributed by atoms with E-state index in [2.05, 4.69) is 44.8 Å². The molecule has 2 heterocycles. The second kappa shape index (κ2) is 7.51. The van der Waals surface area contributed by atoms with Crippen LogP contribution in [0.1, 0.15) is 33.2 Å². The van der Waals surface area contributed by atoms with Crippen LogP contribution in [0.2, 0.25) is 0 Å². The third-order valence-electron chi connectivity index (χ3n) is 3.04. The highest BCUT2D eigenvalue weighted by Crippen LogP contribution is 2.15. The summed E-state index contributed by atoms with van der Waals surface area (Å²) in [6.07, 6.45) is 0.986. The molecule has 2 rings (SSSR count). The van der Waals surface area contributed by atoms with Gasteiger partial charge in [-0.15, -0.1) is 22.7 Å². The van der Waals surface area contributed by atoms with Crippen molar-refractivity contribution in [1.82, 2.24) is 20.6 Å². The average molecular weight is 323 g/mol. The molecule has 21 heavy (non-hydrogen) atoms. The minimum atomic E-state index is 0.687. The predicted octanol–water partition coefficient (Wildman–Crippen LogP) is 2.64. The van der Waals surface area contributed by atoms with Gasteiger partial charge in [-0.05, 0) is 20.3 Å². The molecule has 0 aliphatic carbocycles. The molecule has 0 amide bonds. The molecule has 114 valence electrons. The van der Waals surface area contributed by atoms with Gasteiger partial charge < -0.3 is 10.6 Å². The molecule has 0 fully saturated rings. The average Bonchev–Trinajstić information content (AvgIpc) is 3.06. The minimum absolute atomic E-state index is 0.687. The van der Waals surface area contributed by atoms with Gasteiger partial charge in [0, 0.05) is 17.3 Å². The fourth-order valence-corrected chi connectivity index (χ4v) is 3.38. The number of aliphatic imine (C=N–C) groups is 1. The molecule has 5 nitrogen and oxygen atoms in total. The summed E-state index contributed by atoms with van der Waals surface area (Å²) in [5.74, 6) is 0.770. The van der Waals surface area contributed by atoms with Crippen LogP contribution in [-0.4, -0.2) is 23.0 Å². The molecule has 0 saturated carbocycles. The first-order valence-corrected chi connectivity index (χ1v) is 8.62. The van der Waals surface area contributed by atoms with Gasteiger partial charge in [-0.25, -0.2) is 9.97 Å². The van der Waals surface area contributed by atoms with Crippen molar-refractivity contribution in [3.63, 3.8) is 0 Å². The van der Waals surface area contributed by atoms with E-state index in [1.807, 2.05) is 6.92 Å². The maximum atomic E-state index is 4.53. The molecule has 2 N–H and O–H groups in total. The third kappa shape index (κ3) is 4.50. The van der Waals surface area contributed by atoms with E-state index in [0.717, 1.165) is 28.8 Å². The van der Waals surface area contributed by atoms with Crippen molar-refractivity contribution in [2.24, 2.45) is 4.99 Å². The number of guanidine groups is 1. The molecule has 2 aromatic rings. The van der Waals surface area contributed by atoms with E-state index < -0.39 is 0 Å². The van der Waals surface area contributed by atoms with Gasteiger partial charge in [0.2, 0.25) is 0 Å². The topological polar surface area (TPSA) is 62.2 Å². The predicted molar refractivity (Wildman–Crippen MR) is 90.1 cm³/mol. The van der Waals surface area contributed by atoms with Crippen LogP contribution in [0.25, 0.3) is 0 Å². The number of hydrogen-bond donors (Lipinski definition) is 2. The lowest BCUT2D eigenvalue weighted by Crippen LogP contribution is -2.36. The van der Waals surface area contributed by atoms with Crippen molar-refractivity contribution in [2.45, 2.75) is 40.3 Å². The Bertz CT molecular complexity index is 595. The number of rotatable bonds is 5. The van der Waals surface area contributed by atoms with Crippen LogP contribution in [0.4, 0.5) is 0 Å². The SMILES string of the molecule is CCc1nc(CNC(=NC)NCc2nc(C)c(C)s2)cs1. The van der Waals surface area contributed by atoms with E-state index in [0.29, 0.717) is 13.1 Å². The van der Waals surface area contributed by atoms with Gasteiger partial charge in [0.25, 0.3) is 0 Å². The van der Waals surface area contributed by atoms with Gasteiger partial charge in [-0.3, -0.25) is 4.99 Å². The third-order valence-corrected chi connectivity index (χ3v) is 5.16. The molecule has 2 aromatic heterocycles. The lowest BCUT2D eigenvalue weighted by atomic mass is 10.4. The van der Waals surface area contributed by atoms with Gasteiger partial charge in [0.15, 0.2) is 5.96 Å². The van der Waals surface area contributed by atoms with Crippen LogP contribution in [0.15, 0.2) is 10.4 Å². The monoisotopic (exact) mass is 323 g/mol. The molecule has 0 saturated heterocycles. The zero-order valence-corrected chi connectivity index (χ0v) is 14.5. The van der Waals surface area contributed by atoms with E-state index >= 15 is 0 Å². The first-order chi connectivity index (χ1) is 10.1. The molecule has 0 spiro atoms. The van der Waals surface area contributed by atoms with Gasteiger partial charge >= 0.3 is 0 Å². The molecule has 0 unspecified atom stereocenters. The standard InChI is InChI=1S/C14H21N5S2/c1-5-12-19-11(8-20-12)6-16-14(15-4)17-7-13-18-9(2)10(3)21-13/h8H,5-7H2,1-4H3,(H2,15,16,17). The zero-order valence-electron chi connectivity index (χ0n) is 12.9. The molecule has 0 aromatic carbocycles. The Morgan fingerprint density at radius 3 is 2.52 bits per heavy atom. The van der Waals surface area contributed by atoms with E-state index in [9.17, 15) is 0 Å². The number of aryl methyl sites for hydroxylation is 3. The Morgan fingerprint density at radius 1 is 1.19 bits per heavy atom. The first-order valence-electron chi connectivity index (χ1n) is 6.93. The number of nitrogens with one attached hydrogen (secondary N) is 2. The van der Waals surface area contributed by atoms with Crippen LogP contribution in [0.5, 0.6) is 0 Å². The summed E-state index contributed by atoms with van der Waals surface area (Å²) >= 11 is 3.42. The summed E-state index contributed by atoms with van der Waals surface area (Å²) in [6.45, 7) is 7.63. The van der Waals surface area contributed by atoms with Crippen LogP contribution < -0.4 is 10.6 Å². The molecule has 0 aliphatic rings. The Kier molecular flexibility index (Phi) is 5.69. The maximum absolute atomic E-state index is 4.53. The molecule has 7 heteroatoms. The van der Waals surface area contributed by atoms with Crippen molar-refractivity contribution >= 4 is 28.6 Å². The molecule has 0 aliphatic heterocycles. The highest BCUT2D eigenvalue weighted by Gasteiger charge is 2.05. The number of hydrogen-bond acceptors (Lipinski definition) is 5. The van der Waals surface area contributed by atoms with E-state index in [1.165, 1.54) is 9.88 Å². The van der Waals surface area contributed by atoms with Crippen LogP contribution >= 0.6 is 22.7 Å². The minimum Gasteiger partial charge on any atom is -0.351 e. The zero-order chi connectivity index (χ0) is 15.2. The van der Waals surface area contributed by atoms with Crippen molar-refractivity contribution < 1.29 is 0 Å². The van der Waals surface area contributed by atoms with Crippen LogP contribution in [-0.2, 0) is 19.5 Å². The van der Waals surface area contributed by atoms with Crippen LogP contribution in [0, 0.1) is 13.8 Å². The Balaban J connectivity index is 1.83. The largest absolute Gasteiger partial charge is 0.351 e. The highest BCUT2D eigenvalue weighted by molar-refractivity contribution is 7.11. The van der Waals surface area contributed by atoms with Gasteiger partial charge in [-0.1, -0.05) is 6.92 Å². The summed E-state index contributed by atoms with van der Waals surface area (Å²) < 4.78 is 0. The fourth-order valence-electron chi connectivity index (χ4n) is 1.76. The summed E-state index contributed by atoms with van der Waals surface area (Å²) in [5.41, 5.74) is 2.16. The summed E-state index contributed by atoms with van der Waals surface area (Å²) in [5, 5.41) is 10.9. The molecule has 0 radical (unpaired) electrons. The molecular formula is C14H21N5S2. The highest BCUT2D eigenvalue weighted by atomic mass is 32.1. The van der Waals surface area contributed by atoms with Gasteiger partial charge in [0.1, 0.15) is 5.01 Å². The van der Waals surface area contributed by atoms with E-state index in [-0.39, 0.29) is 0 Å². The second-order valence-corrected chi connectivity index (χ2v) is 6.85. The molecular weight excluding hydrogens is 302 g/mol. The number of thiazole rings is 2. The van der Waals surface area contributed by atoms with Crippen molar-refractivity contribution in [3.8, 4) is 0 Å². The lowest BCUT2D eigenvalue weighted by molar-refractivity contribution is 0.790. The maximum Gasteiger partial charge on any atom is 0.191 e. The van der Waals surface area contributed by atoms with Gasteiger partial charge in [0.05, 0.1) is 29.5 Å². The number of nitrogens with zero attached hydrogens (tertiary/aromatic N) is 3. The summed E-state index contributed by atoms with van der Waals surface area (Å²) in [4.78, 5) is 14.5.